The molecule has 0 bridgehead atoms. The molecule has 5 heteroatoms. The first-order valence-corrected chi connectivity index (χ1v) is 10.00. The van der Waals surface area contributed by atoms with Gasteiger partial charge in [-0.05, 0) is 67.6 Å². The molecule has 2 heterocycles. The lowest BCUT2D eigenvalue weighted by atomic mass is 10.1. The van der Waals surface area contributed by atoms with Gasteiger partial charge in [-0.2, -0.15) is 0 Å². The number of rotatable bonds is 5. The second-order valence-corrected chi connectivity index (χ2v) is 7.75. The number of imidazole rings is 1. The molecule has 4 rings (SSSR count). The summed E-state index contributed by atoms with van der Waals surface area (Å²) in [5.41, 5.74) is 5.45. The van der Waals surface area contributed by atoms with E-state index in [4.69, 9.17) is 4.98 Å². The van der Waals surface area contributed by atoms with E-state index in [9.17, 15) is 9.18 Å². The van der Waals surface area contributed by atoms with Crippen LogP contribution in [0.25, 0.3) is 11.0 Å². The molecule has 1 aliphatic rings. The van der Waals surface area contributed by atoms with E-state index in [2.05, 4.69) is 30.5 Å². The number of amides is 1. The van der Waals surface area contributed by atoms with Gasteiger partial charge in [0.15, 0.2) is 0 Å². The lowest BCUT2D eigenvalue weighted by Crippen LogP contribution is -2.28. The first-order chi connectivity index (χ1) is 13.5. The van der Waals surface area contributed by atoms with Gasteiger partial charge in [-0.15, -0.1) is 0 Å². The summed E-state index contributed by atoms with van der Waals surface area (Å²) >= 11 is 0. The van der Waals surface area contributed by atoms with Gasteiger partial charge in [0.1, 0.15) is 11.6 Å². The Bertz CT molecular complexity index is 1000. The number of aromatic nitrogens is 2. The Morgan fingerprint density at radius 1 is 1.07 bits per heavy atom. The highest BCUT2D eigenvalue weighted by Crippen LogP contribution is 2.23. The minimum absolute atomic E-state index is 0.218. The monoisotopic (exact) mass is 379 g/mol. The van der Waals surface area contributed by atoms with Crippen molar-refractivity contribution in [1.82, 2.24) is 14.5 Å². The SMILES string of the molecule is Cc1cc2nc(Cc3ccc(F)cc3)n(CCC(=O)N3CCCC3)c2cc1C. The molecule has 0 spiro atoms. The third kappa shape index (κ3) is 3.79. The van der Waals surface area contributed by atoms with Gasteiger partial charge in [-0.25, -0.2) is 9.37 Å². The molecule has 1 aromatic heterocycles. The minimum Gasteiger partial charge on any atom is -0.343 e. The Morgan fingerprint density at radius 3 is 2.46 bits per heavy atom. The highest BCUT2D eigenvalue weighted by molar-refractivity contribution is 5.79. The van der Waals surface area contributed by atoms with Gasteiger partial charge >= 0.3 is 0 Å². The van der Waals surface area contributed by atoms with Gasteiger partial charge in [-0.1, -0.05) is 12.1 Å². The second kappa shape index (κ2) is 7.74. The number of fused-ring (bicyclic) bond motifs is 1. The molecule has 3 aromatic rings. The molecular formula is C23H26FN3O. The van der Waals surface area contributed by atoms with Gasteiger partial charge in [0.05, 0.1) is 11.0 Å². The van der Waals surface area contributed by atoms with Gasteiger partial charge in [0.25, 0.3) is 0 Å². The van der Waals surface area contributed by atoms with E-state index in [0.29, 0.717) is 19.4 Å². The molecule has 4 nitrogen and oxygen atoms in total. The van der Waals surface area contributed by atoms with Crippen LogP contribution in [-0.4, -0.2) is 33.4 Å². The van der Waals surface area contributed by atoms with E-state index in [1.165, 1.54) is 23.3 Å². The maximum Gasteiger partial charge on any atom is 0.224 e. The quantitative estimate of drug-likeness (QED) is 0.659. The zero-order valence-electron chi connectivity index (χ0n) is 16.5. The van der Waals surface area contributed by atoms with Crippen LogP contribution in [0.1, 0.15) is 41.8 Å². The molecular weight excluding hydrogens is 353 g/mol. The fourth-order valence-corrected chi connectivity index (χ4v) is 3.93. The van der Waals surface area contributed by atoms with Crippen molar-refractivity contribution < 1.29 is 9.18 Å². The number of carbonyl (C=O) groups is 1. The zero-order valence-corrected chi connectivity index (χ0v) is 16.5. The number of benzene rings is 2. The molecule has 28 heavy (non-hydrogen) atoms. The third-order valence-corrected chi connectivity index (χ3v) is 5.73. The van der Waals surface area contributed by atoms with Gasteiger partial charge in [0.2, 0.25) is 5.91 Å². The van der Waals surface area contributed by atoms with Crippen LogP contribution in [0.3, 0.4) is 0 Å². The minimum atomic E-state index is -0.236. The average Bonchev–Trinajstić information content (AvgIpc) is 3.31. The zero-order chi connectivity index (χ0) is 19.7. The van der Waals surface area contributed by atoms with Crippen LogP contribution in [-0.2, 0) is 17.8 Å². The van der Waals surface area contributed by atoms with Crippen LogP contribution in [0.4, 0.5) is 4.39 Å². The van der Waals surface area contributed by atoms with Crippen molar-refractivity contribution in [1.29, 1.82) is 0 Å². The van der Waals surface area contributed by atoms with Crippen LogP contribution in [0.5, 0.6) is 0 Å². The standard InChI is InChI=1S/C23H26FN3O/c1-16-13-20-21(14-17(16)2)27(12-9-23(28)26-10-3-4-11-26)22(25-20)15-18-5-7-19(24)8-6-18/h5-8,13-14H,3-4,9-12,15H2,1-2H3. The highest BCUT2D eigenvalue weighted by Gasteiger charge is 2.19. The maximum atomic E-state index is 13.3. The van der Waals surface area contributed by atoms with Crippen molar-refractivity contribution in [3.8, 4) is 0 Å². The molecule has 1 amide bonds. The van der Waals surface area contributed by atoms with Crippen molar-refractivity contribution >= 4 is 16.9 Å². The van der Waals surface area contributed by atoms with Crippen molar-refractivity contribution in [2.24, 2.45) is 0 Å². The van der Waals surface area contributed by atoms with Crippen LogP contribution in [0, 0.1) is 19.7 Å². The maximum absolute atomic E-state index is 13.3. The van der Waals surface area contributed by atoms with Gasteiger partial charge < -0.3 is 9.47 Å². The topological polar surface area (TPSA) is 38.1 Å². The lowest BCUT2D eigenvalue weighted by molar-refractivity contribution is -0.130. The summed E-state index contributed by atoms with van der Waals surface area (Å²) < 4.78 is 15.4. The van der Waals surface area contributed by atoms with E-state index < -0.39 is 0 Å². The fraction of sp³-hybridized carbons (Fsp3) is 0.391. The van der Waals surface area contributed by atoms with Crippen LogP contribution in [0.2, 0.25) is 0 Å². The van der Waals surface area contributed by atoms with E-state index in [1.807, 2.05) is 4.90 Å². The molecule has 0 radical (unpaired) electrons. The number of nitrogens with zero attached hydrogens (tertiary/aromatic N) is 3. The molecule has 1 fully saturated rings. The second-order valence-electron chi connectivity index (χ2n) is 7.75. The predicted octanol–water partition coefficient (Wildman–Crippen LogP) is 4.40. The van der Waals surface area contributed by atoms with E-state index in [0.717, 1.165) is 48.4 Å². The van der Waals surface area contributed by atoms with E-state index in [1.54, 1.807) is 12.1 Å². The van der Waals surface area contributed by atoms with E-state index >= 15 is 0 Å². The van der Waals surface area contributed by atoms with E-state index in [-0.39, 0.29) is 11.7 Å². The van der Waals surface area contributed by atoms with Crippen LogP contribution < -0.4 is 0 Å². The summed E-state index contributed by atoms with van der Waals surface area (Å²) in [5.74, 6) is 0.899. The molecule has 0 saturated carbocycles. The Balaban J connectivity index is 1.65. The Labute approximate surface area is 165 Å². The number of halogens is 1. The molecule has 0 atom stereocenters. The van der Waals surface area contributed by atoms with Crippen LogP contribution >= 0.6 is 0 Å². The number of carbonyl (C=O) groups excluding carboxylic acids is 1. The smallest absolute Gasteiger partial charge is 0.224 e. The Kier molecular flexibility index (Phi) is 5.16. The van der Waals surface area contributed by atoms with Crippen molar-refractivity contribution in [3.63, 3.8) is 0 Å². The molecule has 1 aliphatic heterocycles. The highest BCUT2D eigenvalue weighted by atomic mass is 19.1. The summed E-state index contributed by atoms with van der Waals surface area (Å²) in [5, 5.41) is 0. The normalized spacial score (nSPS) is 14.2. The number of hydrogen-bond donors (Lipinski definition) is 0. The molecule has 0 aliphatic carbocycles. The largest absolute Gasteiger partial charge is 0.343 e. The van der Waals surface area contributed by atoms with Crippen molar-refractivity contribution in [3.05, 3.63) is 64.7 Å². The Morgan fingerprint density at radius 2 is 1.75 bits per heavy atom. The van der Waals surface area contributed by atoms with Gasteiger partial charge in [0, 0.05) is 32.5 Å². The summed E-state index contributed by atoms with van der Waals surface area (Å²) in [4.78, 5) is 19.4. The summed E-state index contributed by atoms with van der Waals surface area (Å²) in [6, 6.07) is 10.8. The first kappa shape index (κ1) is 18.7. The first-order valence-electron chi connectivity index (χ1n) is 10.00. The number of likely N-dealkylation sites (tertiary alicyclic amines) is 1. The Hall–Kier alpha value is -2.69. The summed E-state index contributed by atoms with van der Waals surface area (Å²) in [6.07, 6.45) is 3.31. The number of hydrogen-bond acceptors (Lipinski definition) is 2. The van der Waals surface area contributed by atoms with Crippen LogP contribution in [0.15, 0.2) is 36.4 Å². The summed E-state index contributed by atoms with van der Waals surface area (Å²) in [6.45, 7) is 6.56. The molecule has 146 valence electrons. The lowest BCUT2D eigenvalue weighted by Gasteiger charge is -2.16. The molecule has 2 aromatic carbocycles. The fourth-order valence-electron chi connectivity index (χ4n) is 3.93. The average molecular weight is 379 g/mol. The van der Waals surface area contributed by atoms with Crippen molar-refractivity contribution in [2.45, 2.75) is 46.1 Å². The predicted molar refractivity (Wildman–Crippen MR) is 109 cm³/mol. The third-order valence-electron chi connectivity index (χ3n) is 5.73. The van der Waals surface area contributed by atoms with Gasteiger partial charge in [-0.3, -0.25) is 4.79 Å². The summed E-state index contributed by atoms with van der Waals surface area (Å²) in [7, 11) is 0. The molecule has 0 unspecified atom stereocenters. The van der Waals surface area contributed by atoms with Crippen molar-refractivity contribution in [2.75, 3.05) is 13.1 Å². The molecule has 1 saturated heterocycles. The molecule has 0 N–H and O–H groups in total. The number of aryl methyl sites for hydroxylation is 3.